The molecule has 0 aliphatic carbocycles. The fourth-order valence-corrected chi connectivity index (χ4v) is 10.1. The first kappa shape index (κ1) is 32.9. The molecule has 0 spiro atoms. The number of hydrogen-bond donors (Lipinski definition) is 0. The molecule has 6 heteroatoms. The van der Waals surface area contributed by atoms with Crippen molar-refractivity contribution in [3.63, 3.8) is 0 Å². The average Bonchev–Trinajstić information content (AvgIpc) is 3.94. The maximum Gasteiger partial charge on any atom is 0.206 e. The van der Waals surface area contributed by atoms with Crippen LogP contribution < -0.4 is 0 Å². The molecule has 4 heterocycles. The van der Waals surface area contributed by atoms with Crippen LogP contribution in [0.4, 0.5) is 0 Å². The zero-order valence-electron chi connectivity index (χ0n) is 31.6. The molecule has 11 aromatic rings. The molecule has 0 saturated carbocycles. The Morgan fingerprint density at radius 3 is 1.84 bits per heavy atom. The highest BCUT2D eigenvalue weighted by molar-refractivity contribution is 7.25. The fraction of sp³-hybridized carbons (Fsp3) is 0.0385. The number of benzene rings is 8. The smallest absolute Gasteiger partial charge is 0.206 e. The number of para-hydroxylation sites is 2. The Bertz CT molecular complexity index is 3480. The Morgan fingerprint density at radius 2 is 1.03 bits per heavy atom. The van der Waals surface area contributed by atoms with Crippen molar-refractivity contribution in [2.45, 2.75) is 6.29 Å². The topological polar surface area (TPSA) is 37.8 Å². The molecule has 5 nitrogen and oxygen atoms in total. The molecule has 1 aliphatic rings. The predicted molar refractivity (Wildman–Crippen MR) is 245 cm³/mol. The van der Waals surface area contributed by atoms with E-state index in [1.807, 2.05) is 35.6 Å². The number of fused-ring (bicyclic) bond motifs is 9. The molecule has 12 rings (SSSR count). The molecule has 0 bridgehead atoms. The lowest BCUT2D eigenvalue weighted by Crippen LogP contribution is -2.38. The van der Waals surface area contributed by atoms with E-state index in [0.717, 1.165) is 33.8 Å². The van der Waals surface area contributed by atoms with Crippen LogP contribution in [0.25, 0.3) is 80.6 Å². The number of rotatable bonds is 5. The van der Waals surface area contributed by atoms with Gasteiger partial charge >= 0.3 is 0 Å². The summed E-state index contributed by atoms with van der Waals surface area (Å²) >= 11 is 1.86. The molecule has 1 atom stereocenters. The number of aromatic nitrogens is 2. The number of aliphatic imine (C=N–C) groups is 2. The maximum atomic E-state index is 5.37. The van der Waals surface area contributed by atoms with Crippen LogP contribution in [-0.2, 0) is 0 Å². The van der Waals surface area contributed by atoms with Gasteiger partial charge in [0.05, 0.1) is 22.1 Å². The number of hydrogen-bond acceptors (Lipinski definition) is 4. The van der Waals surface area contributed by atoms with E-state index in [-0.39, 0.29) is 6.29 Å². The Kier molecular flexibility index (Phi) is 7.31. The lowest BCUT2D eigenvalue weighted by molar-refractivity contribution is 0.297. The second kappa shape index (κ2) is 12.9. The third-order valence-electron chi connectivity index (χ3n) is 11.8. The molecule has 0 radical (unpaired) electrons. The van der Waals surface area contributed by atoms with Crippen LogP contribution in [0.3, 0.4) is 0 Å². The minimum Gasteiger partial charge on any atom is -0.320 e. The summed E-state index contributed by atoms with van der Waals surface area (Å²) in [4.78, 5) is 12.7. The summed E-state index contributed by atoms with van der Waals surface area (Å²) in [7, 11) is 2.10. The molecule has 1 unspecified atom stereocenters. The van der Waals surface area contributed by atoms with E-state index in [1.54, 1.807) is 0 Å². The second-order valence-corrected chi connectivity index (χ2v) is 16.1. The fourth-order valence-electron chi connectivity index (χ4n) is 9.04. The highest BCUT2D eigenvalue weighted by atomic mass is 32.1. The van der Waals surface area contributed by atoms with Gasteiger partial charge in [0.15, 0.2) is 5.84 Å². The maximum absolute atomic E-state index is 5.37. The van der Waals surface area contributed by atoms with Crippen molar-refractivity contribution in [1.82, 2.24) is 14.0 Å². The first-order valence-corrected chi connectivity index (χ1v) is 20.5. The SMILES string of the molecule is CN1C(c2ccccc2)=NC(c2ccccc2)=NC1n1c2ccccc2c2cc(-c3ccc4c5ccccc5n(-c5ccc6sc7ccccc7c6c5)c4c3)ccc21. The first-order valence-electron chi connectivity index (χ1n) is 19.7. The van der Waals surface area contributed by atoms with Gasteiger partial charge < -0.3 is 14.0 Å². The summed E-state index contributed by atoms with van der Waals surface area (Å²) in [6.45, 7) is 0. The standard InChI is InChI=1S/C52H35N5S/c1-55-51(34-16-6-3-7-17-34)53-50(33-14-4-2-5-15-33)54-52(55)57-45-22-12-9-19-39(45)42-30-35(25-28-46(42)57)36-24-27-40-38-18-8-11-21-44(38)56(47(40)31-36)37-26-29-49-43(32-37)41-20-10-13-23-48(41)58-49/h2-32,52H,1H3. The monoisotopic (exact) mass is 761 g/mol. The van der Waals surface area contributed by atoms with E-state index in [0.29, 0.717) is 0 Å². The number of thiophene rings is 1. The molecule has 8 aromatic carbocycles. The van der Waals surface area contributed by atoms with E-state index in [4.69, 9.17) is 9.98 Å². The molecule has 3 aromatic heterocycles. The average molecular weight is 762 g/mol. The zero-order valence-corrected chi connectivity index (χ0v) is 32.4. The number of nitrogens with zero attached hydrogens (tertiary/aromatic N) is 5. The zero-order chi connectivity index (χ0) is 38.3. The van der Waals surface area contributed by atoms with Gasteiger partial charge in [-0.1, -0.05) is 133 Å². The molecule has 58 heavy (non-hydrogen) atoms. The van der Waals surface area contributed by atoms with Gasteiger partial charge in [-0.2, -0.15) is 0 Å². The largest absolute Gasteiger partial charge is 0.320 e. The van der Waals surface area contributed by atoms with Gasteiger partial charge in [0, 0.05) is 65.6 Å². The van der Waals surface area contributed by atoms with Gasteiger partial charge in [-0.05, 0) is 65.7 Å². The third-order valence-corrected chi connectivity index (χ3v) is 12.9. The third kappa shape index (κ3) is 5.02. The van der Waals surface area contributed by atoms with Crippen molar-refractivity contribution in [1.29, 1.82) is 0 Å². The Morgan fingerprint density at radius 1 is 0.431 bits per heavy atom. The van der Waals surface area contributed by atoms with Crippen molar-refractivity contribution in [3.8, 4) is 16.8 Å². The summed E-state index contributed by atoms with van der Waals surface area (Å²) in [5, 5.41) is 7.49. The van der Waals surface area contributed by atoms with Crippen molar-refractivity contribution in [2.24, 2.45) is 9.98 Å². The summed E-state index contributed by atoms with van der Waals surface area (Å²) in [5.41, 5.74) is 10.2. The lowest BCUT2D eigenvalue weighted by atomic mass is 10.0. The molecule has 1 aliphatic heterocycles. The van der Waals surface area contributed by atoms with Crippen molar-refractivity contribution in [2.75, 3.05) is 7.05 Å². The first-order chi connectivity index (χ1) is 28.7. The normalized spacial score (nSPS) is 14.6. The minimum atomic E-state index is -0.360. The Balaban J connectivity index is 1.03. The van der Waals surface area contributed by atoms with Gasteiger partial charge in [0.2, 0.25) is 6.29 Å². The van der Waals surface area contributed by atoms with E-state index >= 15 is 0 Å². The quantitative estimate of drug-likeness (QED) is 0.172. The Labute approximate surface area is 338 Å². The van der Waals surface area contributed by atoms with E-state index < -0.39 is 0 Å². The molecule has 0 amide bonds. The molecule has 0 saturated heterocycles. The van der Waals surface area contributed by atoms with Gasteiger partial charge in [0.25, 0.3) is 0 Å². The van der Waals surface area contributed by atoms with Crippen LogP contribution in [0.5, 0.6) is 0 Å². The molecule has 0 fully saturated rings. The van der Waals surface area contributed by atoms with Gasteiger partial charge in [-0.15, -0.1) is 11.3 Å². The van der Waals surface area contributed by atoms with Crippen LogP contribution in [-0.4, -0.2) is 32.8 Å². The minimum absolute atomic E-state index is 0.360. The summed E-state index contributed by atoms with van der Waals surface area (Å²) in [6, 6.07) is 67.7. The lowest BCUT2D eigenvalue weighted by Gasteiger charge is -2.33. The molecule has 274 valence electrons. The van der Waals surface area contributed by atoms with Crippen LogP contribution in [0.15, 0.2) is 198 Å². The van der Waals surface area contributed by atoms with E-state index in [2.05, 4.69) is 185 Å². The highest BCUT2D eigenvalue weighted by Gasteiger charge is 2.29. The van der Waals surface area contributed by atoms with E-state index in [1.165, 1.54) is 69.6 Å². The van der Waals surface area contributed by atoms with Crippen LogP contribution in [0, 0.1) is 0 Å². The van der Waals surface area contributed by atoms with Gasteiger partial charge in [-0.25, -0.2) is 9.98 Å². The van der Waals surface area contributed by atoms with Crippen LogP contribution >= 0.6 is 11.3 Å². The molecule has 0 N–H and O–H groups in total. The van der Waals surface area contributed by atoms with Gasteiger partial charge in [-0.3, -0.25) is 0 Å². The predicted octanol–water partition coefficient (Wildman–Crippen LogP) is 13.2. The van der Waals surface area contributed by atoms with Crippen LogP contribution in [0.2, 0.25) is 0 Å². The van der Waals surface area contributed by atoms with Crippen molar-refractivity contribution < 1.29 is 0 Å². The Hall–Kier alpha value is -7.28. The van der Waals surface area contributed by atoms with Crippen LogP contribution in [0.1, 0.15) is 17.4 Å². The summed E-state index contributed by atoms with van der Waals surface area (Å²) in [6.07, 6.45) is -0.360. The number of amidine groups is 2. The summed E-state index contributed by atoms with van der Waals surface area (Å²) in [5.74, 6) is 1.61. The van der Waals surface area contributed by atoms with Crippen molar-refractivity contribution in [3.05, 3.63) is 199 Å². The van der Waals surface area contributed by atoms with Gasteiger partial charge in [0.1, 0.15) is 5.84 Å². The second-order valence-electron chi connectivity index (χ2n) is 15.1. The van der Waals surface area contributed by atoms with E-state index in [9.17, 15) is 0 Å². The molecular formula is C52H35N5S. The van der Waals surface area contributed by atoms with Crippen molar-refractivity contribution >= 4 is 86.8 Å². The highest BCUT2D eigenvalue weighted by Crippen LogP contribution is 2.41. The summed E-state index contributed by atoms with van der Waals surface area (Å²) < 4.78 is 7.45. The molecular weight excluding hydrogens is 727 g/mol.